The fourth-order valence-corrected chi connectivity index (χ4v) is 1.40. The number of hydrogen-bond acceptors (Lipinski definition) is 2. The highest BCUT2D eigenvalue weighted by atomic mass is 16.2. The molecule has 3 N–H and O–H groups in total. The van der Waals surface area contributed by atoms with Crippen LogP contribution in [0.4, 0.5) is 0 Å². The first-order valence-electron chi connectivity index (χ1n) is 5.14. The second-order valence-electron chi connectivity index (χ2n) is 4.17. The predicted molar refractivity (Wildman–Crippen MR) is 59.8 cm³/mol. The highest BCUT2D eigenvalue weighted by Crippen LogP contribution is 2.04. The van der Waals surface area contributed by atoms with E-state index in [2.05, 4.69) is 25.7 Å². The summed E-state index contributed by atoms with van der Waals surface area (Å²) in [4.78, 5) is 11.4. The number of hydrogen-bond donors (Lipinski definition) is 2. The molecule has 0 fully saturated rings. The highest BCUT2D eigenvalue weighted by Gasteiger charge is 2.14. The molecule has 3 nitrogen and oxygen atoms in total. The number of nitrogens with two attached hydrogens (primary N) is 1. The Morgan fingerprint density at radius 1 is 1.50 bits per heavy atom. The maximum Gasteiger partial charge on any atom is 0.237 e. The first-order chi connectivity index (χ1) is 6.47. The lowest BCUT2D eigenvalue weighted by molar-refractivity contribution is -0.122. The standard InChI is InChI=1S/C11H22N2O/c1-5-6-10(12)11(14)13-9(4)7-8(2)3/h5,8-10H,1,6-7,12H2,2-4H3,(H,13,14). The molecule has 0 heterocycles. The van der Waals surface area contributed by atoms with E-state index in [9.17, 15) is 4.79 Å². The van der Waals surface area contributed by atoms with E-state index in [1.165, 1.54) is 0 Å². The van der Waals surface area contributed by atoms with E-state index in [-0.39, 0.29) is 11.9 Å². The van der Waals surface area contributed by atoms with Crippen molar-refractivity contribution < 1.29 is 4.79 Å². The molecule has 82 valence electrons. The maximum atomic E-state index is 11.4. The highest BCUT2D eigenvalue weighted by molar-refractivity contribution is 5.81. The van der Waals surface area contributed by atoms with Crippen LogP contribution in [0.1, 0.15) is 33.6 Å². The SMILES string of the molecule is C=CCC(N)C(=O)NC(C)CC(C)C. The van der Waals surface area contributed by atoms with E-state index in [4.69, 9.17) is 5.73 Å². The van der Waals surface area contributed by atoms with Crippen LogP contribution in [0.25, 0.3) is 0 Å². The zero-order valence-electron chi connectivity index (χ0n) is 9.42. The van der Waals surface area contributed by atoms with Gasteiger partial charge in [-0.05, 0) is 25.7 Å². The Balaban J connectivity index is 3.86. The molecule has 0 aromatic rings. The molecular weight excluding hydrogens is 176 g/mol. The van der Waals surface area contributed by atoms with Gasteiger partial charge in [-0.3, -0.25) is 4.79 Å². The van der Waals surface area contributed by atoms with Gasteiger partial charge in [0, 0.05) is 6.04 Å². The van der Waals surface area contributed by atoms with Gasteiger partial charge in [0.1, 0.15) is 0 Å². The number of nitrogens with one attached hydrogen (secondary N) is 1. The molecular formula is C11H22N2O. The smallest absolute Gasteiger partial charge is 0.237 e. The average molecular weight is 198 g/mol. The van der Waals surface area contributed by atoms with Crippen LogP contribution in [0.3, 0.4) is 0 Å². The molecule has 2 atom stereocenters. The van der Waals surface area contributed by atoms with E-state index in [1.54, 1.807) is 6.08 Å². The first-order valence-corrected chi connectivity index (χ1v) is 5.14. The van der Waals surface area contributed by atoms with Crippen molar-refractivity contribution in [3.63, 3.8) is 0 Å². The molecule has 0 spiro atoms. The Morgan fingerprint density at radius 3 is 2.50 bits per heavy atom. The molecule has 0 aromatic heterocycles. The van der Waals surface area contributed by atoms with E-state index >= 15 is 0 Å². The molecule has 0 aliphatic carbocycles. The number of rotatable bonds is 6. The second-order valence-corrected chi connectivity index (χ2v) is 4.17. The lowest BCUT2D eigenvalue weighted by Gasteiger charge is -2.18. The largest absolute Gasteiger partial charge is 0.352 e. The molecule has 1 amide bonds. The van der Waals surface area contributed by atoms with Crippen molar-refractivity contribution in [2.24, 2.45) is 11.7 Å². The van der Waals surface area contributed by atoms with Gasteiger partial charge < -0.3 is 11.1 Å². The van der Waals surface area contributed by atoms with Crippen molar-refractivity contribution >= 4 is 5.91 Å². The predicted octanol–water partition coefficient (Wildman–Crippen LogP) is 1.44. The molecule has 0 rings (SSSR count). The summed E-state index contributed by atoms with van der Waals surface area (Å²) in [6, 6.07) is -0.263. The van der Waals surface area contributed by atoms with Crippen molar-refractivity contribution in [1.82, 2.24) is 5.32 Å². The molecule has 0 aliphatic rings. The summed E-state index contributed by atoms with van der Waals surface area (Å²) in [5, 5.41) is 2.88. The summed E-state index contributed by atoms with van der Waals surface area (Å²) in [7, 11) is 0. The number of carbonyl (C=O) groups excluding carboxylic acids is 1. The first kappa shape index (κ1) is 13.2. The van der Waals surface area contributed by atoms with Gasteiger partial charge in [0.15, 0.2) is 0 Å². The van der Waals surface area contributed by atoms with E-state index in [0.717, 1.165) is 6.42 Å². The van der Waals surface area contributed by atoms with Crippen molar-refractivity contribution in [3.8, 4) is 0 Å². The third kappa shape index (κ3) is 5.75. The van der Waals surface area contributed by atoms with Crippen molar-refractivity contribution in [1.29, 1.82) is 0 Å². The van der Waals surface area contributed by atoms with Gasteiger partial charge in [-0.1, -0.05) is 19.9 Å². The Hall–Kier alpha value is -0.830. The Morgan fingerprint density at radius 2 is 2.07 bits per heavy atom. The van der Waals surface area contributed by atoms with Crippen LogP contribution in [0.5, 0.6) is 0 Å². The van der Waals surface area contributed by atoms with Crippen LogP contribution < -0.4 is 11.1 Å². The Labute approximate surface area is 86.8 Å². The van der Waals surface area contributed by atoms with Gasteiger partial charge in [0.2, 0.25) is 5.91 Å². The third-order valence-corrected chi connectivity index (χ3v) is 1.97. The zero-order valence-corrected chi connectivity index (χ0v) is 9.42. The summed E-state index contributed by atoms with van der Waals surface area (Å²) < 4.78 is 0. The van der Waals surface area contributed by atoms with Gasteiger partial charge in [-0.2, -0.15) is 0 Å². The minimum Gasteiger partial charge on any atom is -0.352 e. The zero-order chi connectivity index (χ0) is 11.1. The minimum absolute atomic E-state index is 0.0851. The number of carbonyl (C=O) groups is 1. The van der Waals surface area contributed by atoms with Crippen molar-refractivity contribution in [3.05, 3.63) is 12.7 Å². The molecule has 0 bridgehead atoms. The molecule has 0 saturated carbocycles. The second kappa shape index (κ2) is 6.60. The summed E-state index contributed by atoms with van der Waals surface area (Å²) >= 11 is 0. The van der Waals surface area contributed by atoms with Crippen molar-refractivity contribution in [2.45, 2.75) is 45.7 Å². The van der Waals surface area contributed by atoms with Gasteiger partial charge in [-0.15, -0.1) is 6.58 Å². The lowest BCUT2D eigenvalue weighted by atomic mass is 10.0. The maximum absolute atomic E-state index is 11.4. The minimum atomic E-state index is -0.456. The van der Waals surface area contributed by atoms with Gasteiger partial charge in [-0.25, -0.2) is 0 Å². The molecule has 14 heavy (non-hydrogen) atoms. The van der Waals surface area contributed by atoms with Crippen LogP contribution in [-0.2, 0) is 4.79 Å². The van der Waals surface area contributed by atoms with Gasteiger partial charge in [0.05, 0.1) is 6.04 Å². The number of amides is 1. The molecule has 0 aliphatic heterocycles. The van der Waals surface area contributed by atoms with Gasteiger partial charge >= 0.3 is 0 Å². The molecule has 0 aromatic carbocycles. The van der Waals surface area contributed by atoms with Gasteiger partial charge in [0.25, 0.3) is 0 Å². The lowest BCUT2D eigenvalue weighted by Crippen LogP contribution is -2.44. The van der Waals surface area contributed by atoms with E-state index < -0.39 is 6.04 Å². The van der Waals surface area contributed by atoms with Crippen LogP contribution in [0.15, 0.2) is 12.7 Å². The van der Waals surface area contributed by atoms with Crippen molar-refractivity contribution in [2.75, 3.05) is 0 Å². The summed E-state index contributed by atoms with van der Waals surface area (Å²) in [5.74, 6) is 0.499. The quantitative estimate of drug-likeness (QED) is 0.634. The topological polar surface area (TPSA) is 55.1 Å². The molecule has 2 unspecified atom stereocenters. The fourth-order valence-electron chi connectivity index (χ4n) is 1.40. The Bertz CT molecular complexity index is 190. The summed E-state index contributed by atoms with van der Waals surface area (Å²) in [5.41, 5.74) is 5.62. The molecule has 3 heteroatoms. The fraction of sp³-hybridized carbons (Fsp3) is 0.727. The normalized spacial score (nSPS) is 14.9. The average Bonchev–Trinajstić information content (AvgIpc) is 2.02. The van der Waals surface area contributed by atoms with Crippen LogP contribution in [0, 0.1) is 5.92 Å². The van der Waals surface area contributed by atoms with E-state index in [1.807, 2.05) is 6.92 Å². The Kier molecular flexibility index (Phi) is 6.21. The van der Waals surface area contributed by atoms with Crippen LogP contribution in [-0.4, -0.2) is 18.0 Å². The third-order valence-electron chi connectivity index (χ3n) is 1.97. The summed E-state index contributed by atoms with van der Waals surface area (Å²) in [6.07, 6.45) is 3.17. The van der Waals surface area contributed by atoms with E-state index in [0.29, 0.717) is 12.3 Å². The van der Waals surface area contributed by atoms with Crippen LogP contribution >= 0.6 is 0 Å². The monoisotopic (exact) mass is 198 g/mol. The summed E-state index contributed by atoms with van der Waals surface area (Å²) in [6.45, 7) is 9.81. The molecule has 0 radical (unpaired) electrons. The van der Waals surface area contributed by atoms with Crippen LogP contribution in [0.2, 0.25) is 0 Å². The molecule has 0 saturated heterocycles.